The van der Waals surface area contributed by atoms with E-state index in [1.165, 1.54) is 11.1 Å². The van der Waals surface area contributed by atoms with Crippen molar-refractivity contribution in [1.29, 1.82) is 0 Å². The van der Waals surface area contributed by atoms with Crippen LogP contribution in [0.15, 0.2) is 152 Å². The number of aromatic nitrogens is 3. The highest BCUT2D eigenvalue weighted by molar-refractivity contribution is 6.04. The second-order valence-electron chi connectivity index (χ2n) is 11.8. The van der Waals surface area contributed by atoms with E-state index in [1.807, 2.05) is 13.0 Å². The van der Waals surface area contributed by atoms with Gasteiger partial charge >= 0.3 is 0 Å². The highest BCUT2D eigenvalue weighted by Gasteiger charge is 2.12. The van der Waals surface area contributed by atoms with E-state index in [0.717, 1.165) is 78.0 Å². The predicted octanol–water partition coefficient (Wildman–Crippen LogP) is 11.1. The Balaban J connectivity index is 1.17. The van der Waals surface area contributed by atoms with Gasteiger partial charge in [-0.1, -0.05) is 121 Å². The van der Waals surface area contributed by atoms with Crippen molar-refractivity contribution in [2.45, 2.75) is 13.8 Å². The molecule has 0 bridgehead atoms. The fourth-order valence-corrected chi connectivity index (χ4v) is 6.21. The van der Waals surface area contributed by atoms with Crippen LogP contribution in [-0.2, 0) is 0 Å². The van der Waals surface area contributed by atoms with Crippen LogP contribution in [-0.4, -0.2) is 15.0 Å². The van der Waals surface area contributed by atoms with Crippen molar-refractivity contribution in [2.24, 2.45) is 0 Å². The maximum Gasteiger partial charge on any atom is 0.0974 e. The van der Waals surface area contributed by atoms with Crippen LogP contribution in [0.2, 0.25) is 0 Å². The summed E-state index contributed by atoms with van der Waals surface area (Å²) in [6.07, 6.45) is 0. The van der Waals surface area contributed by atoms with Gasteiger partial charge in [0.25, 0.3) is 0 Å². The zero-order chi connectivity index (χ0) is 31.0. The van der Waals surface area contributed by atoms with Crippen LogP contribution in [0.5, 0.6) is 0 Å². The standard InChI is InChI=1S/C43H31N3/c1-28-24-39(46-43-38(28)23-22-34-17-16-29(2)44-42(34)43)36-15-9-14-35(25-36)31-18-20-33(21-19-31)41-27-37(30-10-5-3-6-11-30)26-40(45-41)32-12-7-4-8-13-32/h3-27H,1-2H3. The largest absolute Gasteiger partial charge is 0.251 e. The molecule has 0 fully saturated rings. The van der Waals surface area contributed by atoms with E-state index >= 15 is 0 Å². The Morgan fingerprint density at radius 1 is 0.348 bits per heavy atom. The van der Waals surface area contributed by atoms with Crippen LogP contribution in [0.25, 0.3) is 77.8 Å². The van der Waals surface area contributed by atoms with Crippen LogP contribution in [0.3, 0.4) is 0 Å². The second-order valence-corrected chi connectivity index (χ2v) is 11.8. The van der Waals surface area contributed by atoms with E-state index in [4.69, 9.17) is 15.0 Å². The van der Waals surface area contributed by atoms with Gasteiger partial charge in [-0.2, -0.15) is 0 Å². The number of nitrogens with zero attached hydrogens (tertiary/aromatic N) is 3. The lowest BCUT2D eigenvalue weighted by molar-refractivity contribution is 1.25. The third-order valence-electron chi connectivity index (χ3n) is 8.66. The molecule has 3 nitrogen and oxygen atoms in total. The summed E-state index contributed by atoms with van der Waals surface area (Å²) < 4.78 is 0. The average molecular weight is 590 g/mol. The Labute approximate surface area is 268 Å². The molecule has 8 aromatic rings. The van der Waals surface area contributed by atoms with Crippen LogP contribution in [0, 0.1) is 13.8 Å². The van der Waals surface area contributed by atoms with Gasteiger partial charge < -0.3 is 0 Å². The molecule has 5 aromatic carbocycles. The van der Waals surface area contributed by atoms with Crippen LogP contribution >= 0.6 is 0 Å². The number of pyridine rings is 3. The van der Waals surface area contributed by atoms with E-state index in [-0.39, 0.29) is 0 Å². The Morgan fingerprint density at radius 2 is 0.913 bits per heavy atom. The smallest absolute Gasteiger partial charge is 0.0974 e. The van der Waals surface area contributed by atoms with E-state index in [9.17, 15) is 0 Å². The minimum Gasteiger partial charge on any atom is -0.251 e. The quantitative estimate of drug-likeness (QED) is 0.187. The predicted molar refractivity (Wildman–Crippen MR) is 191 cm³/mol. The molecular weight excluding hydrogens is 558 g/mol. The molecule has 218 valence electrons. The summed E-state index contributed by atoms with van der Waals surface area (Å²) in [5.41, 5.74) is 14.8. The first-order valence-electron chi connectivity index (χ1n) is 15.6. The van der Waals surface area contributed by atoms with Gasteiger partial charge in [-0.3, -0.25) is 4.98 Å². The number of hydrogen-bond acceptors (Lipinski definition) is 3. The minimum atomic E-state index is 0.950. The zero-order valence-corrected chi connectivity index (χ0v) is 25.8. The molecule has 46 heavy (non-hydrogen) atoms. The van der Waals surface area contributed by atoms with Crippen molar-refractivity contribution < 1.29 is 0 Å². The lowest BCUT2D eigenvalue weighted by Gasteiger charge is -2.12. The van der Waals surface area contributed by atoms with Crippen molar-refractivity contribution in [3.8, 4) is 56.0 Å². The molecular formula is C43H31N3. The van der Waals surface area contributed by atoms with E-state index in [2.05, 4.69) is 153 Å². The normalized spacial score (nSPS) is 11.3. The Kier molecular flexibility index (Phi) is 6.92. The van der Waals surface area contributed by atoms with Gasteiger partial charge in [-0.25, -0.2) is 9.97 Å². The Morgan fingerprint density at radius 3 is 1.65 bits per heavy atom. The summed E-state index contributed by atoms with van der Waals surface area (Å²) in [5, 5.41) is 2.25. The van der Waals surface area contributed by atoms with Gasteiger partial charge in [-0.15, -0.1) is 0 Å². The van der Waals surface area contributed by atoms with Crippen LogP contribution in [0.4, 0.5) is 0 Å². The number of aryl methyl sites for hydroxylation is 2. The summed E-state index contributed by atoms with van der Waals surface area (Å²) in [7, 11) is 0. The maximum absolute atomic E-state index is 5.16. The fourth-order valence-electron chi connectivity index (χ4n) is 6.21. The van der Waals surface area contributed by atoms with Gasteiger partial charge in [0.2, 0.25) is 0 Å². The molecule has 0 saturated carbocycles. The van der Waals surface area contributed by atoms with Crippen molar-refractivity contribution in [2.75, 3.05) is 0 Å². The second kappa shape index (κ2) is 11.5. The highest BCUT2D eigenvalue weighted by Crippen LogP contribution is 2.34. The molecule has 0 radical (unpaired) electrons. The van der Waals surface area contributed by atoms with Crippen molar-refractivity contribution in [1.82, 2.24) is 15.0 Å². The molecule has 0 unspecified atom stereocenters. The number of hydrogen-bond donors (Lipinski definition) is 0. The summed E-state index contributed by atoms with van der Waals surface area (Å²) in [5.74, 6) is 0. The van der Waals surface area contributed by atoms with E-state index < -0.39 is 0 Å². The topological polar surface area (TPSA) is 38.7 Å². The van der Waals surface area contributed by atoms with Gasteiger partial charge in [-0.05, 0) is 72.0 Å². The monoisotopic (exact) mass is 589 g/mol. The summed E-state index contributed by atoms with van der Waals surface area (Å²) in [4.78, 5) is 15.1. The SMILES string of the molecule is Cc1ccc2ccc3c(C)cc(-c4cccc(-c5ccc(-c6cc(-c7ccccc7)cc(-c7ccccc7)n6)cc5)c4)nc3c2n1. The lowest BCUT2D eigenvalue weighted by atomic mass is 9.97. The first-order valence-corrected chi connectivity index (χ1v) is 15.6. The third-order valence-corrected chi connectivity index (χ3v) is 8.66. The summed E-state index contributed by atoms with van der Waals surface area (Å²) in [6, 6.07) is 53.3. The molecule has 0 saturated heterocycles. The van der Waals surface area contributed by atoms with Crippen molar-refractivity contribution in [3.63, 3.8) is 0 Å². The average Bonchev–Trinajstić information content (AvgIpc) is 3.12. The number of benzene rings is 5. The molecule has 3 heterocycles. The molecule has 0 N–H and O–H groups in total. The first kappa shape index (κ1) is 27.6. The number of rotatable bonds is 5. The van der Waals surface area contributed by atoms with E-state index in [0.29, 0.717) is 0 Å². The van der Waals surface area contributed by atoms with Gasteiger partial charge in [0.15, 0.2) is 0 Å². The molecule has 0 aliphatic rings. The van der Waals surface area contributed by atoms with Crippen molar-refractivity contribution in [3.05, 3.63) is 163 Å². The molecule has 0 amide bonds. The summed E-state index contributed by atoms with van der Waals surface area (Å²) >= 11 is 0. The van der Waals surface area contributed by atoms with Gasteiger partial charge in [0.05, 0.1) is 28.1 Å². The third kappa shape index (κ3) is 5.22. The summed E-state index contributed by atoms with van der Waals surface area (Å²) in [6.45, 7) is 4.18. The fraction of sp³-hybridized carbons (Fsp3) is 0.0465. The molecule has 0 atom stereocenters. The van der Waals surface area contributed by atoms with Crippen LogP contribution < -0.4 is 0 Å². The lowest BCUT2D eigenvalue weighted by Crippen LogP contribution is -1.93. The Hall–Kier alpha value is -5.93. The molecule has 0 spiro atoms. The maximum atomic E-state index is 5.16. The molecule has 3 heteroatoms. The molecule has 0 aliphatic heterocycles. The zero-order valence-electron chi connectivity index (χ0n) is 25.8. The molecule has 3 aromatic heterocycles. The minimum absolute atomic E-state index is 0.950. The molecule has 8 rings (SSSR count). The van der Waals surface area contributed by atoms with Gasteiger partial charge in [0, 0.05) is 33.2 Å². The number of fused-ring (bicyclic) bond motifs is 3. The van der Waals surface area contributed by atoms with Gasteiger partial charge in [0.1, 0.15) is 0 Å². The molecule has 0 aliphatic carbocycles. The van der Waals surface area contributed by atoms with Crippen LogP contribution in [0.1, 0.15) is 11.3 Å². The highest BCUT2D eigenvalue weighted by atomic mass is 14.8. The van der Waals surface area contributed by atoms with E-state index in [1.54, 1.807) is 0 Å². The Bertz CT molecular complexity index is 2300. The first-order chi connectivity index (χ1) is 22.6. The van der Waals surface area contributed by atoms with Crippen molar-refractivity contribution >= 4 is 21.8 Å².